The van der Waals surface area contributed by atoms with Gasteiger partial charge in [-0.05, 0) is 25.7 Å². The molecule has 0 saturated heterocycles. The van der Waals surface area contributed by atoms with Gasteiger partial charge in [-0.3, -0.25) is 0 Å². The van der Waals surface area contributed by atoms with Gasteiger partial charge in [-0.1, -0.05) is 0 Å². The Morgan fingerprint density at radius 1 is 1.67 bits per heavy atom. The molecule has 1 aliphatic rings. The maximum atomic E-state index is 8.76. The van der Waals surface area contributed by atoms with E-state index in [1.54, 1.807) is 6.92 Å². The third-order valence-corrected chi connectivity index (χ3v) is 1.41. The maximum Gasteiger partial charge on any atom is 0.0745 e. The van der Waals surface area contributed by atoms with Gasteiger partial charge in [0.25, 0.3) is 0 Å². The van der Waals surface area contributed by atoms with Gasteiger partial charge in [0.05, 0.1) is 12.7 Å². The van der Waals surface area contributed by atoms with Gasteiger partial charge in [0, 0.05) is 6.61 Å². The van der Waals surface area contributed by atoms with E-state index < -0.39 is 0 Å². The Hall–Kier alpha value is -0.0800. The molecule has 0 aromatic rings. The van der Waals surface area contributed by atoms with Gasteiger partial charge in [-0.2, -0.15) is 0 Å². The second kappa shape index (κ2) is 3.18. The zero-order valence-corrected chi connectivity index (χ0v) is 5.84. The van der Waals surface area contributed by atoms with Crippen LogP contribution < -0.4 is 0 Å². The monoisotopic (exact) mass is 130 g/mol. The molecule has 1 atom stereocenters. The quantitative estimate of drug-likeness (QED) is 0.609. The Morgan fingerprint density at radius 2 is 2.33 bits per heavy atom. The normalized spacial score (nSPS) is 22.0. The van der Waals surface area contributed by atoms with Crippen LogP contribution >= 0.6 is 0 Å². The van der Waals surface area contributed by atoms with Crippen LogP contribution in [0.25, 0.3) is 0 Å². The maximum absolute atomic E-state index is 8.76. The Labute approximate surface area is 55.8 Å². The van der Waals surface area contributed by atoms with E-state index in [4.69, 9.17) is 9.84 Å². The van der Waals surface area contributed by atoms with E-state index in [0.717, 1.165) is 12.5 Å². The van der Waals surface area contributed by atoms with Gasteiger partial charge in [0.2, 0.25) is 0 Å². The highest BCUT2D eigenvalue weighted by molar-refractivity contribution is 4.71. The van der Waals surface area contributed by atoms with Crippen LogP contribution in [0.1, 0.15) is 19.8 Å². The van der Waals surface area contributed by atoms with Gasteiger partial charge in [0.1, 0.15) is 0 Å². The molecule has 1 unspecified atom stereocenters. The molecule has 0 bridgehead atoms. The molecule has 0 heterocycles. The average molecular weight is 130 g/mol. The first-order valence-electron chi connectivity index (χ1n) is 3.55. The van der Waals surface area contributed by atoms with Crippen LogP contribution in [0.2, 0.25) is 0 Å². The summed E-state index contributed by atoms with van der Waals surface area (Å²) >= 11 is 0. The molecule has 54 valence electrons. The van der Waals surface area contributed by atoms with Gasteiger partial charge in [-0.25, -0.2) is 0 Å². The molecule has 1 N–H and O–H groups in total. The number of rotatable bonds is 4. The lowest BCUT2D eigenvalue weighted by molar-refractivity contribution is 0.0414. The molecule has 1 aliphatic carbocycles. The van der Waals surface area contributed by atoms with Crippen molar-refractivity contribution in [2.45, 2.75) is 25.9 Å². The molecule has 9 heavy (non-hydrogen) atoms. The Kier molecular flexibility index (Phi) is 2.49. The van der Waals surface area contributed by atoms with Gasteiger partial charge in [0.15, 0.2) is 0 Å². The fourth-order valence-electron chi connectivity index (χ4n) is 0.690. The zero-order valence-electron chi connectivity index (χ0n) is 5.84. The summed E-state index contributed by atoms with van der Waals surface area (Å²) in [5.74, 6) is 0.809. The molecule has 2 heteroatoms. The minimum atomic E-state index is -0.302. The van der Waals surface area contributed by atoms with Crippen molar-refractivity contribution in [2.75, 3.05) is 13.2 Å². The Bertz CT molecular complexity index is 75.0. The lowest BCUT2D eigenvalue weighted by Gasteiger charge is -2.03. The van der Waals surface area contributed by atoms with Crippen molar-refractivity contribution < 1.29 is 9.84 Å². The number of ether oxygens (including phenoxy) is 1. The van der Waals surface area contributed by atoms with Gasteiger partial charge < -0.3 is 9.84 Å². The van der Waals surface area contributed by atoms with Crippen molar-refractivity contribution >= 4 is 0 Å². The molecular weight excluding hydrogens is 116 g/mol. The molecule has 0 aromatic carbocycles. The van der Waals surface area contributed by atoms with Crippen LogP contribution in [0.4, 0.5) is 0 Å². The molecule has 0 amide bonds. The standard InChI is InChI=1S/C7H14O2/c1-6(8)4-9-5-7-2-3-7/h6-8H,2-5H2,1H3. The van der Waals surface area contributed by atoms with Crippen molar-refractivity contribution in [1.82, 2.24) is 0 Å². The summed E-state index contributed by atoms with van der Waals surface area (Å²) in [4.78, 5) is 0. The van der Waals surface area contributed by atoms with E-state index in [1.165, 1.54) is 12.8 Å². The number of hydrogen-bond donors (Lipinski definition) is 1. The summed E-state index contributed by atoms with van der Waals surface area (Å²) in [6, 6.07) is 0. The highest BCUT2D eigenvalue weighted by atomic mass is 16.5. The third kappa shape index (κ3) is 3.49. The molecule has 2 nitrogen and oxygen atoms in total. The summed E-state index contributed by atoms with van der Waals surface area (Å²) in [5, 5.41) is 8.76. The fraction of sp³-hybridized carbons (Fsp3) is 1.00. The molecule has 0 spiro atoms. The van der Waals surface area contributed by atoms with Crippen LogP contribution in [0.15, 0.2) is 0 Å². The van der Waals surface area contributed by atoms with Crippen LogP contribution in [0, 0.1) is 5.92 Å². The predicted octanol–water partition coefficient (Wildman–Crippen LogP) is 0.794. The molecular formula is C7H14O2. The molecule has 0 aliphatic heterocycles. The van der Waals surface area contributed by atoms with Crippen molar-refractivity contribution in [1.29, 1.82) is 0 Å². The first-order valence-corrected chi connectivity index (χ1v) is 3.55. The van der Waals surface area contributed by atoms with Crippen LogP contribution in [0.5, 0.6) is 0 Å². The second-order valence-electron chi connectivity index (χ2n) is 2.83. The van der Waals surface area contributed by atoms with Crippen molar-refractivity contribution in [3.63, 3.8) is 0 Å². The van der Waals surface area contributed by atoms with E-state index in [9.17, 15) is 0 Å². The lowest BCUT2D eigenvalue weighted by atomic mass is 10.4. The topological polar surface area (TPSA) is 29.5 Å². The molecule has 1 saturated carbocycles. The average Bonchev–Trinajstić information content (AvgIpc) is 2.48. The summed E-state index contributed by atoms with van der Waals surface area (Å²) in [5.41, 5.74) is 0. The van der Waals surface area contributed by atoms with Gasteiger partial charge in [-0.15, -0.1) is 0 Å². The zero-order chi connectivity index (χ0) is 6.69. The van der Waals surface area contributed by atoms with Gasteiger partial charge >= 0.3 is 0 Å². The van der Waals surface area contributed by atoms with Crippen molar-refractivity contribution in [3.8, 4) is 0 Å². The van der Waals surface area contributed by atoms with Crippen LogP contribution in [-0.2, 0) is 4.74 Å². The van der Waals surface area contributed by atoms with Crippen LogP contribution in [-0.4, -0.2) is 24.4 Å². The van der Waals surface area contributed by atoms with E-state index in [2.05, 4.69) is 0 Å². The van der Waals surface area contributed by atoms with Crippen molar-refractivity contribution in [3.05, 3.63) is 0 Å². The van der Waals surface area contributed by atoms with E-state index in [1.807, 2.05) is 0 Å². The highest BCUT2D eigenvalue weighted by Gasteiger charge is 2.21. The lowest BCUT2D eigenvalue weighted by Crippen LogP contribution is -2.11. The summed E-state index contributed by atoms with van der Waals surface area (Å²) in [6.45, 7) is 3.09. The van der Waals surface area contributed by atoms with E-state index >= 15 is 0 Å². The third-order valence-electron chi connectivity index (χ3n) is 1.41. The molecule has 1 fully saturated rings. The number of aliphatic hydroxyl groups is 1. The molecule has 1 rings (SSSR count). The SMILES string of the molecule is CC(O)COCC1CC1. The number of aliphatic hydroxyl groups excluding tert-OH is 1. The predicted molar refractivity (Wildman–Crippen MR) is 35.2 cm³/mol. The Balaban J connectivity index is 1.81. The molecule has 0 aromatic heterocycles. The smallest absolute Gasteiger partial charge is 0.0745 e. The summed E-state index contributed by atoms with van der Waals surface area (Å²) in [7, 11) is 0. The van der Waals surface area contributed by atoms with Crippen molar-refractivity contribution in [2.24, 2.45) is 5.92 Å². The highest BCUT2D eigenvalue weighted by Crippen LogP contribution is 2.28. The summed E-state index contributed by atoms with van der Waals surface area (Å²) in [6.07, 6.45) is 2.34. The Morgan fingerprint density at radius 3 is 2.78 bits per heavy atom. The number of hydrogen-bond acceptors (Lipinski definition) is 2. The van der Waals surface area contributed by atoms with Crippen LogP contribution in [0.3, 0.4) is 0 Å². The first-order chi connectivity index (χ1) is 4.29. The van der Waals surface area contributed by atoms with E-state index in [0.29, 0.717) is 6.61 Å². The first kappa shape index (κ1) is 7.03. The second-order valence-corrected chi connectivity index (χ2v) is 2.83. The fourth-order valence-corrected chi connectivity index (χ4v) is 0.690. The van der Waals surface area contributed by atoms with E-state index in [-0.39, 0.29) is 6.10 Å². The minimum Gasteiger partial charge on any atom is -0.391 e. The summed E-state index contributed by atoms with van der Waals surface area (Å²) < 4.78 is 5.17. The molecule has 0 radical (unpaired) electrons. The largest absolute Gasteiger partial charge is 0.391 e. The minimum absolute atomic E-state index is 0.302.